The molecular weight excluding hydrogens is 266 g/mol. The second-order valence-corrected chi connectivity index (χ2v) is 6.53. The molecule has 4 heteroatoms. The molecule has 0 spiro atoms. The van der Waals surface area contributed by atoms with Crippen molar-refractivity contribution in [1.82, 2.24) is 4.90 Å². The third-order valence-corrected chi connectivity index (χ3v) is 4.21. The normalized spacial score (nSPS) is 18.1. The fourth-order valence-electron chi connectivity index (χ4n) is 3.00. The van der Waals surface area contributed by atoms with Crippen LogP contribution in [0.15, 0.2) is 29.8 Å². The molecule has 2 aliphatic rings. The summed E-state index contributed by atoms with van der Waals surface area (Å²) in [4.78, 5) is 26.5. The Bertz CT molecular complexity index is 658. The zero-order valence-corrected chi connectivity index (χ0v) is 12.3. The molecule has 1 N–H and O–H groups in total. The molecule has 0 fully saturated rings. The van der Waals surface area contributed by atoms with Gasteiger partial charge >= 0.3 is 0 Å². The Hall–Kier alpha value is -1.94. The van der Waals surface area contributed by atoms with Gasteiger partial charge < -0.3 is 5.11 Å². The minimum atomic E-state index is -0.487. The average molecular weight is 285 g/mol. The van der Waals surface area contributed by atoms with Crippen molar-refractivity contribution < 1.29 is 14.7 Å². The zero-order valence-electron chi connectivity index (χ0n) is 12.3. The molecule has 0 aromatic heterocycles. The molecule has 0 saturated heterocycles. The number of rotatable bonds is 3. The van der Waals surface area contributed by atoms with Gasteiger partial charge in [-0.2, -0.15) is 0 Å². The van der Waals surface area contributed by atoms with Crippen molar-refractivity contribution in [2.75, 3.05) is 13.2 Å². The third kappa shape index (κ3) is 2.20. The third-order valence-electron chi connectivity index (χ3n) is 4.21. The van der Waals surface area contributed by atoms with Crippen LogP contribution in [0.2, 0.25) is 0 Å². The number of hydrogen-bond donors (Lipinski definition) is 1. The smallest absolute Gasteiger partial charge is 0.261 e. The summed E-state index contributed by atoms with van der Waals surface area (Å²) in [6, 6.07) is 7.78. The average Bonchev–Trinajstić information content (AvgIpc) is 2.72. The molecule has 0 saturated carbocycles. The summed E-state index contributed by atoms with van der Waals surface area (Å²) >= 11 is 0. The highest BCUT2D eigenvalue weighted by atomic mass is 16.3. The molecule has 110 valence electrons. The van der Waals surface area contributed by atoms with Crippen LogP contribution in [-0.4, -0.2) is 35.0 Å². The van der Waals surface area contributed by atoms with Crippen LogP contribution in [-0.2, 0) is 16.0 Å². The molecular formula is C17H19NO3. The Kier molecular flexibility index (Phi) is 3.21. The van der Waals surface area contributed by atoms with Gasteiger partial charge in [0.1, 0.15) is 0 Å². The highest BCUT2D eigenvalue weighted by Crippen LogP contribution is 2.38. The Labute approximate surface area is 124 Å². The second-order valence-electron chi connectivity index (χ2n) is 6.53. The lowest BCUT2D eigenvalue weighted by atomic mass is 9.87. The van der Waals surface area contributed by atoms with Gasteiger partial charge in [0.2, 0.25) is 0 Å². The quantitative estimate of drug-likeness (QED) is 0.861. The number of hydrogen-bond acceptors (Lipinski definition) is 3. The number of amides is 2. The summed E-state index contributed by atoms with van der Waals surface area (Å²) in [5.74, 6) is -0.408. The predicted molar refractivity (Wildman–Crippen MR) is 79.3 cm³/mol. The molecule has 4 nitrogen and oxygen atoms in total. The maximum absolute atomic E-state index is 12.7. The van der Waals surface area contributed by atoms with Crippen molar-refractivity contribution in [2.24, 2.45) is 5.41 Å². The summed E-state index contributed by atoms with van der Waals surface area (Å²) in [5.41, 5.74) is 2.73. The fraction of sp³-hybridized carbons (Fsp3) is 0.412. The van der Waals surface area contributed by atoms with Crippen molar-refractivity contribution in [3.05, 3.63) is 41.0 Å². The van der Waals surface area contributed by atoms with Gasteiger partial charge in [0, 0.05) is 24.1 Å². The monoisotopic (exact) mass is 285 g/mol. The molecule has 0 radical (unpaired) electrons. The van der Waals surface area contributed by atoms with E-state index < -0.39 is 5.41 Å². The van der Waals surface area contributed by atoms with Crippen LogP contribution in [0, 0.1) is 5.41 Å². The lowest BCUT2D eigenvalue weighted by Crippen LogP contribution is -2.41. The zero-order chi connectivity index (χ0) is 15.2. The summed E-state index contributed by atoms with van der Waals surface area (Å²) in [7, 11) is 0. The first-order valence-electron chi connectivity index (χ1n) is 7.23. The number of fused-ring (bicyclic) bond motifs is 2. The van der Waals surface area contributed by atoms with Crippen LogP contribution in [0.25, 0.3) is 5.57 Å². The van der Waals surface area contributed by atoms with Gasteiger partial charge in [-0.25, -0.2) is 0 Å². The van der Waals surface area contributed by atoms with Crippen LogP contribution in [0.3, 0.4) is 0 Å². The van der Waals surface area contributed by atoms with Crippen molar-refractivity contribution in [3.8, 4) is 0 Å². The number of nitrogens with zero attached hydrogens (tertiary/aromatic N) is 1. The molecule has 1 aromatic carbocycles. The number of aliphatic hydroxyl groups is 1. The Morgan fingerprint density at radius 3 is 2.57 bits per heavy atom. The van der Waals surface area contributed by atoms with Gasteiger partial charge in [0.15, 0.2) is 0 Å². The SMILES string of the molecule is CC(C)(CO)CN1C(=O)C2=C(C1=O)c1ccccc1CC2. The van der Waals surface area contributed by atoms with E-state index >= 15 is 0 Å². The van der Waals surface area contributed by atoms with Crippen LogP contribution in [0.1, 0.15) is 31.4 Å². The van der Waals surface area contributed by atoms with Crippen LogP contribution >= 0.6 is 0 Å². The topological polar surface area (TPSA) is 57.6 Å². The number of carbonyl (C=O) groups excluding carboxylic acids is 2. The fourth-order valence-corrected chi connectivity index (χ4v) is 3.00. The van der Waals surface area contributed by atoms with E-state index in [0.29, 0.717) is 17.6 Å². The first-order valence-corrected chi connectivity index (χ1v) is 7.23. The lowest BCUT2D eigenvalue weighted by Gasteiger charge is -2.27. The minimum Gasteiger partial charge on any atom is -0.396 e. The maximum atomic E-state index is 12.7. The highest BCUT2D eigenvalue weighted by Gasteiger charge is 2.42. The van der Waals surface area contributed by atoms with E-state index in [0.717, 1.165) is 17.5 Å². The number of benzene rings is 1. The summed E-state index contributed by atoms with van der Waals surface area (Å²) < 4.78 is 0. The van der Waals surface area contributed by atoms with Crippen LogP contribution in [0.5, 0.6) is 0 Å². The van der Waals surface area contributed by atoms with Gasteiger partial charge in [0.25, 0.3) is 11.8 Å². The molecule has 1 heterocycles. The Balaban J connectivity index is 1.99. The Morgan fingerprint density at radius 1 is 1.14 bits per heavy atom. The summed E-state index contributed by atoms with van der Waals surface area (Å²) in [6.07, 6.45) is 1.41. The molecule has 0 atom stereocenters. The number of aryl methyl sites for hydroxylation is 1. The molecule has 1 aromatic rings. The summed E-state index contributed by atoms with van der Waals surface area (Å²) in [6.45, 7) is 3.87. The number of aliphatic hydroxyl groups excluding tert-OH is 1. The van der Waals surface area contributed by atoms with E-state index in [1.165, 1.54) is 4.90 Å². The van der Waals surface area contributed by atoms with E-state index in [1.54, 1.807) is 0 Å². The van der Waals surface area contributed by atoms with E-state index in [2.05, 4.69) is 0 Å². The van der Waals surface area contributed by atoms with Crippen molar-refractivity contribution in [1.29, 1.82) is 0 Å². The van der Waals surface area contributed by atoms with Crippen LogP contribution in [0.4, 0.5) is 0 Å². The molecule has 0 unspecified atom stereocenters. The van der Waals surface area contributed by atoms with E-state index in [1.807, 2.05) is 38.1 Å². The van der Waals surface area contributed by atoms with Gasteiger partial charge in [-0.15, -0.1) is 0 Å². The summed E-state index contributed by atoms with van der Waals surface area (Å²) in [5, 5.41) is 9.38. The minimum absolute atomic E-state index is 0.0642. The standard InChI is InChI=1S/C17H19NO3/c1-17(2,10-19)9-18-15(20)13-8-7-11-5-3-4-6-12(11)14(13)16(18)21/h3-6,19H,7-10H2,1-2H3. The van der Waals surface area contributed by atoms with Crippen molar-refractivity contribution in [2.45, 2.75) is 26.7 Å². The molecule has 0 bridgehead atoms. The number of carbonyl (C=O) groups is 2. The lowest BCUT2D eigenvalue weighted by molar-refractivity contribution is -0.138. The molecule has 3 rings (SSSR count). The maximum Gasteiger partial charge on any atom is 0.261 e. The predicted octanol–water partition coefficient (Wildman–Crippen LogP) is 1.77. The van der Waals surface area contributed by atoms with Crippen molar-refractivity contribution in [3.63, 3.8) is 0 Å². The highest BCUT2D eigenvalue weighted by molar-refractivity contribution is 6.36. The molecule has 2 amide bonds. The second kappa shape index (κ2) is 4.81. The van der Waals surface area contributed by atoms with E-state index in [9.17, 15) is 14.7 Å². The largest absolute Gasteiger partial charge is 0.396 e. The van der Waals surface area contributed by atoms with E-state index in [-0.39, 0.29) is 25.0 Å². The first-order chi connectivity index (χ1) is 9.94. The Morgan fingerprint density at radius 2 is 1.86 bits per heavy atom. The molecule has 21 heavy (non-hydrogen) atoms. The van der Waals surface area contributed by atoms with E-state index in [4.69, 9.17) is 0 Å². The number of imide groups is 1. The van der Waals surface area contributed by atoms with Gasteiger partial charge in [-0.3, -0.25) is 14.5 Å². The van der Waals surface area contributed by atoms with Gasteiger partial charge in [-0.1, -0.05) is 38.1 Å². The molecule has 1 aliphatic carbocycles. The first kappa shape index (κ1) is 14.0. The van der Waals surface area contributed by atoms with Crippen LogP contribution < -0.4 is 0 Å². The molecule has 1 aliphatic heterocycles. The van der Waals surface area contributed by atoms with Gasteiger partial charge in [-0.05, 0) is 24.0 Å². The van der Waals surface area contributed by atoms with Crippen molar-refractivity contribution >= 4 is 17.4 Å². The van der Waals surface area contributed by atoms with Gasteiger partial charge in [0.05, 0.1) is 5.57 Å².